The van der Waals surface area contributed by atoms with Crippen molar-refractivity contribution in [3.63, 3.8) is 0 Å². The number of likely N-dealkylation sites (tertiary alicyclic amines) is 1. The zero-order valence-corrected chi connectivity index (χ0v) is 15.4. The second kappa shape index (κ2) is 7.68. The zero-order chi connectivity index (χ0) is 17.9. The highest BCUT2D eigenvalue weighted by molar-refractivity contribution is 6.30. The van der Waals surface area contributed by atoms with Crippen LogP contribution in [0, 0.1) is 5.92 Å². The van der Waals surface area contributed by atoms with Crippen molar-refractivity contribution in [3.05, 3.63) is 58.6 Å². The Labute approximate surface area is 158 Å². The number of Topliss-reactive ketones (excluding diaryl/α,β-unsaturated/α-hetero) is 1. The highest BCUT2D eigenvalue weighted by atomic mass is 35.5. The average molecular weight is 372 g/mol. The average Bonchev–Trinajstić information content (AvgIpc) is 2.68. The summed E-state index contributed by atoms with van der Waals surface area (Å²) in [5.41, 5.74) is 1.94. The van der Waals surface area contributed by atoms with Gasteiger partial charge in [0.1, 0.15) is 13.2 Å². The fraction of sp³-hybridized carbons (Fsp3) is 0.381. The van der Waals surface area contributed by atoms with Gasteiger partial charge in [-0.25, -0.2) is 0 Å². The monoisotopic (exact) mass is 371 g/mol. The Morgan fingerprint density at radius 3 is 2.65 bits per heavy atom. The van der Waals surface area contributed by atoms with Gasteiger partial charge < -0.3 is 9.47 Å². The van der Waals surface area contributed by atoms with Crippen LogP contribution in [0.4, 0.5) is 0 Å². The smallest absolute Gasteiger partial charge is 0.167 e. The SMILES string of the molecule is O=C(c1ccc(Cl)cc1)[C@@H]1CCCN(Cc2ccc3c(c2)OCCO3)C1. The van der Waals surface area contributed by atoms with Crippen LogP contribution < -0.4 is 9.47 Å². The summed E-state index contributed by atoms with van der Waals surface area (Å²) in [7, 11) is 0. The van der Waals surface area contributed by atoms with E-state index in [0.29, 0.717) is 18.2 Å². The number of benzene rings is 2. The second-order valence-electron chi connectivity index (χ2n) is 6.92. The van der Waals surface area contributed by atoms with Gasteiger partial charge in [0.2, 0.25) is 0 Å². The predicted octanol–water partition coefficient (Wildman–Crippen LogP) is 4.21. The molecule has 4 nitrogen and oxygen atoms in total. The number of carbonyl (C=O) groups is 1. The molecule has 0 aliphatic carbocycles. The molecule has 0 saturated carbocycles. The third-order valence-electron chi connectivity index (χ3n) is 5.02. The van der Waals surface area contributed by atoms with Gasteiger partial charge in [0.15, 0.2) is 17.3 Å². The number of hydrogen-bond donors (Lipinski definition) is 0. The molecule has 1 saturated heterocycles. The van der Waals surface area contributed by atoms with Crippen LogP contribution >= 0.6 is 11.6 Å². The van der Waals surface area contributed by atoms with Crippen LogP contribution in [0.5, 0.6) is 11.5 Å². The molecule has 2 aromatic carbocycles. The highest BCUT2D eigenvalue weighted by Crippen LogP contribution is 2.31. The maximum Gasteiger partial charge on any atom is 0.167 e. The standard InChI is InChI=1S/C21H22ClNO3/c22-18-6-4-16(5-7-18)21(24)17-2-1-9-23(14-17)13-15-3-8-19-20(12-15)26-11-10-25-19/h3-8,12,17H,1-2,9-11,13-14H2/t17-/m1/s1. The molecule has 26 heavy (non-hydrogen) atoms. The zero-order valence-electron chi connectivity index (χ0n) is 14.6. The first-order valence-corrected chi connectivity index (χ1v) is 9.47. The Kier molecular flexibility index (Phi) is 5.14. The molecule has 0 N–H and O–H groups in total. The number of carbonyl (C=O) groups excluding carboxylic acids is 1. The quantitative estimate of drug-likeness (QED) is 0.755. The molecule has 0 aromatic heterocycles. The van der Waals surface area contributed by atoms with Gasteiger partial charge in [-0.3, -0.25) is 9.69 Å². The summed E-state index contributed by atoms with van der Waals surface area (Å²) >= 11 is 5.93. The molecule has 0 bridgehead atoms. The van der Waals surface area contributed by atoms with E-state index in [2.05, 4.69) is 17.0 Å². The fourth-order valence-corrected chi connectivity index (χ4v) is 3.83. The van der Waals surface area contributed by atoms with E-state index in [4.69, 9.17) is 21.1 Å². The highest BCUT2D eigenvalue weighted by Gasteiger charge is 2.26. The molecule has 2 heterocycles. The number of ether oxygens (including phenoxy) is 2. The van der Waals surface area contributed by atoms with Crippen LogP contribution in [0.3, 0.4) is 0 Å². The van der Waals surface area contributed by atoms with Gasteiger partial charge >= 0.3 is 0 Å². The van der Waals surface area contributed by atoms with Crippen molar-refractivity contribution in [3.8, 4) is 11.5 Å². The molecule has 1 atom stereocenters. The minimum atomic E-state index is 0.0436. The molecule has 2 aromatic rings. The number of halogens is 1. The largest absolute Gasteiger partial charge is 0.486 e. The molecule has 4 rings (SSSR count). The van der Waals surface area contributed by atoms with Crippen LogP contribution in [0.25, 0.3) is 0 Å². The molecule has 0 unspecified atom stereocenters. The van der Waals surface area contributed by atoms with Gasteiger partial charge in [-0.15, -0.1) is 0 Å². The Morgan fingerprint density at radius 1 is 1.08 bits per heavy atom. The van der Waals surface area contributed by atoms with Crippen molar-refractivity contribution in [1.82, 2.24) is 4.90 Å². The van der Waals surface area contributed by atoms with E-state index in [1.807, 2.05) is 18.2 Å². The van der Waals surface area contributed by atoms with Gasteiger partial charge in [0.25, 0.3) is 0 Å². The maximum absolute atomic E-state index is 12.8. The molecular weight excluding hydrogens is 350 g/mol. The van der Waals surface area contributed by atoms with Crippen molar-refractivity contribution in [2.24, 2.45) is 5.92 Å². The van der Waals surface area contributed by atoms with Crippen LogP contribution in [-0.2, 0) is 6.54 Å². The number of ketones is 1. The lowest BCUT2D eigenvalue weighted by Crippen LogP contribution is -2.38. The van der Waals surface area contributed by atoms with E-state index >= 15 is 0 Å². The molecule has 2 aliphatic heterocycles. The topological polar surface area (TPSA) is 38.8 Å². The molecule has 136 valence electrons. The number of nitrogens with zero attached hydrogens (tertiary/aromatic N) is 1. The summed E-state index contributed by atoms with van der Waals surface area (Å²) < 4.78 is 11.3. The molecule has 0 spiro atoms. The van der Waals surface area contributed by atoms with E-state index in [0.717, 1.165) is 49.5 Å². The number of piperidine rings is 1. The first-order valence-electron chi connectivity index (χ1n) is 9.10. The predicted molar refractivity (Wildman–Crippen MR) is 101 cm³/mol. The number of rotatable bonds is 4. The van der Waals surface area contributed by atoms with Crippen LogP contribution in [-0.4, -0.2) is 37.0 Å². The first-order chi connectivity index (χ1) is 12.7. The second-order valence-corrected chi connectivity index (χ2v) is 7.36. The molecule has 5 heteroatoms. The van der Waals surface area contributed by atoms with Crippen molar-refractivity contribution in [2.45, 2.75) is 19.4 Å². The number of hydrogen-bond acceptors (Lipinski definition) is 4. The van der Waals surface area contributed by atoms with Crippen molar-refractivity contribution in [2.75, 3.05) is 26.3 Å². The van der Waals surface area contributed by atoms with Gasteiger partial charge in [-0.1, -0.05) is 17.7 Å². The van der Waals surface area contributed by atoms with E-state index in [1.165, 1.54) is 5.56 Å². The lowest BCUT2D eigenvalue weighted by atomic mass is 9.90. The van der Waals surface area contributed by atoms with Crippen molar-refractivity contribution >= 4 is 17.4 Å². The third kappa shape index (κ3) is 3.87. The number of fused-ring (bicyclic) bond motifs is 1. The third-order valence-corrected chi connectivity index (χ3v) is 5.27. The minimum Gasteiger partial charge on any atom is -0.486 e. The van der Waals surface area contributed by atoms with Gasteiger partial charge in [-0.2, -0.15) is 0 Å². The lowest BCUT2D eigenvalue weighted by Gasteiger charge is -2.32. The summed E-state index contributed by atoms with van der Waals surface area (Å²) in [6, 6.07) is 13.3. The first kappa shape index (κ1) is 17.4. The van der Waals surface area contributed by atoms with E-state index in [9.17, 15) is 4.79 Å². The maximum atomic E-state index is 12.8. The molecule has 1 fully saturated rings. The van der Waals surface area contributed by atoms with E-state index in [-0.39, 0.29) is 11.7 Å². The summed E-state index contributed by atoms with van der Waals surface area (Å²) in [5, 5.41) is 0.658. The Morgan fingerprint density at radius 2 is 1.85 bits per heavy atom. The van der Waals surface area contributed by atoms with Crippen molar-refractivity contribution < 1.29 is 14.3 Å². The Balaban J connectivity index is 1.42. The fourth-order valence-electron chi connectivity index (χ4n) is 3.71. The van der Waals surface area contributed by atoms with E-state index in [1.54, 1.807) is 12.1 Å². The minimum absolute atomic E-state index is 0.0436. The van der Waals surface area contributed by atoms with Crippen LogP contribution in [0.1, 0.15) is 28.8 Å². The van der Waals surface area contributed by atoms with E-state index < -0.39 is 0 Å². The van der Waals surface area contributed by atoms with Crippen molar-refractivity contribution in [1.29, 1.82) is 0 Å². The van der Waals surface area contributed by atoms with Gasteiger partial charge in [-0.05, 0) is 61.3 Å². The Bertz CT molecular complexity index is 790. The van der Waals surface area contributed by atoms with Gasteiger partial charge in [0.05, 0.1) is 0 Å². The Hall–Kier alpha value is -2.04. The summed E-state index contributed by atoms with van der Waals surface area (Å²) in [5.74, 6) is 1.89. The summed E-state index contributed by atoms with van der Waals surface area (Å²) in [6.07, 6.45) is 1.98. The molecule has 0 amide bonds. The molecule has 2 aliphatic rings. The lowest BCUT2D eigenvalue weighted by molar-refractivity contribution is 0.0811. The van der Waals surface area contributed by atoms with Gasteiger partial charge in [0, 0.05) is 29.6 Å². The summed E-state index contributed by atoms with van der Waals surface area (Å²) in [4.78, 5) is 15.1. The molecule has 0 radical (unpaired) electrons. The van der Waals surface area contributed by atoms with Crippen LogP contribution in [0.15, 0.2) is 42.5 Å². The van der Waals surface area contributed by atoms with Crippen LogP contribution in [0.2, 0.25) is 5.02 Å². The normalized spacial score (nSPS) is 20.0. The summed E-state index contributed by atoms with van der Waals surface area (Å²) in [6.45, 7) is 3.82. The molecular formula is C21H22ClNO3.